The van der Waals surface area contributed by atoms with Crippen molar-refractivity contribution >= 4 is 11.9 Å². The van der Waals surface area contributed by atoms with E-state index in [0.29, 0.717) is 26.0 Å². The summed E-state index contributed by atoms with van der Waals surface area (Å²) in [6.45, 7) is 0.945. The van der Waals surface area contributed by atoms with Crippen molar-refractivity contribution in [3.05, 3.63) is 0 Å². The van der Waals surface area contributed by atoms with Gasteiger partial charge in [-0.05, 0) is 31.6 Å². The van der Waals surface area contributed by atoms with Crippen molar-refractivity contribution in [1.29, 1.82) is 0 Å². The number of rotatable bonds is 4. The highest BCUT2D eigenvalue weighted by Gasteiger charge is 2.41. The van der Waals surface area contributed by atoms with Gasteiger partial charge in [0.15, 0.2) is 0 Å². The summed E-state index contributed by atoms with van der Waals surface area (Å²) >= 11 is 0. The van der Waals surface area contributed by atoms with E-state index in [0.717, 1.165) is 0 Å². The van der Waals surface area contributed by atoms with Crippen molar-refractivity contribution in [3.8, 4) is 0 Å². The average Bonchev–Trinajstić information content (AvgIpc) is 2.46. The standard InChI is InChI=1S/C15H22F3NO4/c16-15(17,18)11-3-1-10(2-4-11)7-13(20)19-5-6-23-12(9-19)8-14(21)22/h10-12H,1-9H2,(H,21,22). The first-order valence-corrected chi connectivity index (χ1v) is 7.93. The molecule has 1 amide bonds. The summed E-state index contributed by atoms with van der Waals surface area (Å²) in [4.78, 5) is 24.6. The molecule has 0 aromatic heterocycles. The van der Waals surface area contributed by atoms with Gasteiger partial charge in [0.1, 0.15) is 0 Å². The maximum atomic E-state index is 12.6. The molecule has 0 bridgehead atoms. The van der Waals surface area contributed by atoms with Gasteiger partial charge in [0, 0.05) is 19.5 Å². The van der Waals surface area contributed by atoms with E-state index in [1.54, 1.807) is 4.90 Å². The number of morpholine rings is 1. The van der Waals surface area contributed by atoms with Crippen LogP contribution in [0.5, 0.6) is 0 Å². The highest BCUT2D eigenvalue weighted by Crippen LogP contribution is 2.40. The van der Waals surface area contributed by atoms with E-state index >= 15 is 0 Å². The van der Waals surface area contributed by atoms with Gasteiger partial charge in [0.25, 0.3) is 0 Å². The predicted molar refractivity (Wildman–Crippen MR) is 74.7 cm³/mol. The molecule has 0 aromatic rings. The Balaban J connectivity index is 1.77. The van der Waals surface area contributed by atoms with Gasteiger partial charge in [-0.25, -0.2) is 0 Å². The summed E-state index contributed by atoms with van der Waals surface area (Å²) in [5.74, 6) is -2.34. The lowest BCUT2D eigenvalue weighted by molar-refractivity contribution is -0.184. The molecule has 2 aliphatic rings. The van der Waals surface area contributed by atoms with Crippen molar-refractivity contribution < 1.29 is 32.6 Å². The summed E-state index contributed by atoms with van der Waals surface area (Å²) in [5, 5.41) is 8.77. The second-order valence-electron chi connectivity index (χ2n) is 6.39. The van der Waals surface area contributed by atoms with Crippen LogP contribution in [0.4, 0.5) is 13.2 Å². The van der Waals surface area contributed by atoms with Crippen LogP contribution in [-0.4, -0.2) is 53.9 Å². The fraction of sp³-hybridized carbons (Fsp3) is 0.867. The van der Waals surface area contributed by atoms with Crippen molar-refractivity contribution in [1.82, 2.24) is 4.90 Å². The van der Waals surface area contributed by atoms with Crippen LogP contribution in [0.1, 0.15) is 38.5 Å². The first-order chi connectivity index (χ1) is 10.8. The van der Waals surface area contributed by atoms with Gasteiger partial charge in [-0.3, -0.25) is 9.59 Å². The molecule has 1 aliphatic carbocycles. The number of halogens is 3. The summed E-state index contributed by atoms with van der Waals surface area (Å²) in [5.41, 5.74) is 0. The molecule has 1 N–H and O–H groups in total. The van der Waals surface area contributed by atoms with Gasteiger partial charge in [-0.15, -0.1) is 0 Å². The third-order valence-corrected chi connectivity index (χ3v) is 4.67. The van der Waals surface area contributed by atoms with Gasteiger partial charge in [-0.2, -0.15) is 13.2 Å². The number of hydrogen-bond donors (Lipinski definition) is 1. The van der Waals surface area contributed by atoms with Crippen LogP contribution in [-0.2, 0) is 14.3 Å². The highest BCUT2D eigenvalue weighted by atomic mass is 19.4. The number of carboxylic acid groups (broad SMARTS) is 1. The monoisotopic (exact) mass is 337 g/mol. The number of carbonyl (C=O) groups excluding carboxylic acids is 1. The Bertz CT molecular complexity index is 433. The fourth-order valence-electron chi connectivity index (χ4n) is 3.33. The van der Waals surface area contributed by atoms with Gasteiger partial charge < -0.3 is 14.7 Å². The summed E-state index contributed by atoms with van der Waals surface area (Å²) < 4.78 is 43.2. The van der Waals surface area contributed by atoms with Crippen molar-refractivity contribution in [2.24, 2.45) is 11.8 Å². The van der Waals surface area contributed by atoms with E-state index in [2.05, 4.69) is 0 Å². The van der Waals surface area contributed by atoms with Crippen LogP contribution in [0, 0.1) is 11.8 Å². The molecule has 1 aliphatic heterocycles. The zero-order valence-electron chi connectivity index (χ0n) is 12.8. The zero-order chi connectivity index (χ0) is 17.0. The minimum Gasteiger partial charge on any atom is -0.481 e. The molecule has 23 heavy (non-hydrogen) atoms. The number of amides is 1. The van der Waals surface area contributed by atoms with Crippen molar-refractivity contribution in [2.75, 3.05) is 19.7 Å². The SMILES string of the molecule is O=C(O)CC1CN(C(=O)CC2CCC(C(F)(F)F)CC2)CCO1. The Morgan fingerprint density at radius 1 is 1.13 bits per heavy atom. The summed E-state index contributed by atoms with van der Waals surface area (Å²) in [6.07, 6.45) is -3.55. The number of hydrogen-bond acceptors (Lipinski definition) is 3. The van der Waals surface area contributed by atoms with Crippen molar-refractivity contribution in [3.63, 3.8) is 0 Å². The first-order valence-electron chi connectivity index (χ1n) is 7.93. The van der Waals surface area contributed by atoms with Gasteiger partial charge >= 0.3 is 12.1 Å². The number of carbonyl (C=O) groups is 2. The number of aliphatic carboxylic acids is 1. The lowest BCUT2D eigenvalue weighted by Gasteiger charge is -2.34. The van der Waals surface area contributed by atoms with Crippen molar-refractivity contribution in [2.45, 2.75) is 50.8 Å². The van der Waals surface area contributed by atoms with E-state index in [1.807, 2.05) is 0 Å². The molecule has 1 heterocycles. The quantitative estimate of drug-likeness (QED) is 0.856. The van der Waals surface area contributed by atoms with E-state index in [4.69, 9.17) is 9.84 Å². The van der Waals surface area contributed by atoms with Crippen LogP contribution < -0.4 is 0 Å². The van der Waals surface area contributed by atoms with E-state index in [-0.39, 0.29) is 44.1 Å². The van der Waals surface area contributed by atoms with Gasteiger partial charge in [-0.1, -0.05) is 0 Å². The molecule has 1 saturated heterocycles. The van der Waals surface area contributed by atoms with E-state index < -0.39 is 24.2 Å². The Labute approximate surface area is 132 Å². The smallest absolute Gasteiger partial charge is 0.391 e. The third-order valence-electron chi connectivity index (χ3n) is 4.67. The Morgan fingerprint density at radius 2 is 1.78 bits per heavy atom. The van der Waals surface area contributed by atoms with Crippen LogP contribution in [0.25, 0.3) is 0 Å². The molecule has 0 spiro atoms. The van der Waals surface area contributed by atoms with Crippen LogP contribution in [0.15, 0.2) is 0 Å². The Hall–Kier alpha value is -1.31. The Morgan fingerprint density at radius 3 is 2.35 bits per heavy atom. The average molecular weight is 337 g/mol. The fourth-order valence-corrected chi connectivity index (χ4v) is 3.33. The van der Waals surface area contributed by atoms with Crippen LogP contribution in [0.3, 0.4) is 0 Å². The summed E-state index contributed by atoms with van der Waals surface area (Å²) in [7, 11) is 0. The lowest BCUT2D eigenvalue weighted by Crippen LogP contribution is -2.46. The van der Waals surface area contributed by atoms with E-state index in [9.17, 15) is 22.8 Å². The number of carboxylic acids is 1. The van der Waals surface area contributed by atoms with E-state index in [1.165, 1.54) is 0 Å². The number of nitrogens with zero attached hydrogens (tertiary/aromatic N) is 1. The predicted octanol–water partition coefficient (Wildman–Crippen LogP) is 2.45. The molecule has 5 nitrogen and oxygen atoms in total. The molecule has 0 radical (unpaired) electrons. The molecule has 1 unspecified atom stereocenters. The molecule has 1 atom stereocenters. The highest BCUT2D eigenvalue weighted by molar-refractivity contribution is 5.76. The minimum atomic E-state index is -4.14. The molecule has 8 heteroatoms. The number of alkyl halides is 3. The summed E-state index contributed by atoms with van der Waals surface area (Å²) in [6, 6.07) is 0. The van der Waals surface area contributed by atoms with Gasteiger partial charge in [0.05, 0.1) is 25.0 Å². The zero-order valence-corrected chi connectivity index (χ0v) is 12.8. The normalized spacial score (nSPS) is 29.3. The first kappa shape index (κ1) is 18.0. The maximum Gasteiger partial charge on any atom is 0.391 e. The second kappa shape index (κ2) is 7.51. The largest absolute Gasteiger partial charge is 0.481 e. The molecular formula is C15H22F3NO4. The second-order valence-corrected chi connectivity index (χ2v) is 6.39. The number of ether oxygens (including phenoxy) is 1. The van der Waals surface area contributed by atoms with Gasteiger partial charge in [0.2, 0.25) is 5.91 Å². The van der Waals surface area contributed by atoms with Crippen LogP contribution in [0.2, 0.25) is 0 Å². The molecule has 132 valence electrons. The molecule has 2 fully saturated rings. The molecule has 0 aromatic carbocycles. The Kier molecular flexibility index (Phi) is 5.89. The molecule has 2 rings (SSSR count). The topological polar surface area (TPSA) is 66.8 Å². The minimum absolute atomic E-state index is 0.0122. The third kappa shape index (κ3) is 5.37. The maximum absolute atomic E-state index is 12.6. The lowest BCUT2D eigenvalue weighted by atomic mass is 9.80. The molecular weight excluding hydrogens is 315 g/mol. The molecule has 1 saturated carbocycles. The van der Waals surface area contributed by atoms with Crippen LogP contribution >= 0.6 is 0 Å².